The molecular weight excluding hydrogens is 347 g/mol. The van der Waals surface area contributed by atoms with E-state index < -0.39 is 0 Å². The van der Waals surface area contributed by atoms with Crippen LogP contribution in [0, 0.1) is 5.82 Å². The van der Waals surface area contributed by atoms with Crippen molar-refractivity contribution in [1.82, 2.24) is 10.2 Å². The Balaban J connectivity index is 0.00000208. The zero-order valence-electron chi connectivity index (χ0n) is 13.6. The maximum Gasteiger partial charge on any atom is 0.264 e. The first-order valence-corrected chi connectivity index (χ1v) is 8.88. The molecule has 3 rings (SSSR count). The van der Waals surface area contributed by atoms with Gasteiger partial charge in [-0.25, -0.2) is 4.39 Å². The summed E-state index contributed by atoms with van der Waals surface area (Å²) >= 11 is 1.48. The third-order valence-corrected chi connectivity index (χ3v) is 5.27. The maximum atomic E-state index is 13.0. The van der Waals surface area contributed by atoms with Gasteiger partial charge in [-0.1, -0.05) is 19.1 Å². The van der Waals surface area contributed by atoms with E-state index in [1.165, 1.54) is 23.5 Å². The Kier molecular flexibility index (Phi) is 6.78. The second kappa shape index (κ2) is 8.60. The molecule has 2 aromatic rings. The molecule has 1 amide bonds. The lowest BCUT2D eigenvalue weighted by Crippen LogP contribution is -2.41. The summed E-state index contributed by atoms with van der Waals surface area (Å²) < 4.78 is 13.0. The minimum atomic E-state index is -0.246. The largest absolute Gasteiger partial charge is 0.334 e. The number of halogens is 2. The van der Waals surface area contributed by atoms with Crippen LogP contribution in [0.25, 0.3) is 10.4 Å². The van der Waals surface area contributed by atoms with E-state index >= 15 is 0 Å². The minimum Gasteiger partial charge on any atom is -0.334 e. The molecule has 1 N–H and O–H groups in total. The first kappa shape index (κ1) is 18.9. The summed E-state index contributed by atoms with van der Waals surface area (Å²) in [6.45, 7) is 4.74. The minimum absolute atomic E-state index is 0. The molecule has 1 aliphatic rings. The summed E-state index contributed by atoms with van der Waals surface area (Å²) in [5.74, 6) is -0.136. The van der Waals surface area contributed by atoms with Gasteiger partial charge in [-0.05, 0) is 49.2 Å². The highest BCUT2D eigenvalue weighted by atomic mass is 35.5. The van der Waals surface area contributed by atoms with E-state index in [4.69, 9.17) is 0 Å². The van der Waals surface area contributed by atoms with Crippen LogP contribution in [-0.4, -0.2) is 36.5 Å². The smallest absolute Gasteiger partial charge is 0.264 e. The monoisotopic (exact) mass is 368 g/mol. The van der Waals surface area contributed by atoms with Gasteiger partial charge in [0.1, 0.15) is 5.82 Å². The Labute approximate surface area is 152 Å². The molecule has 2 heterocycles. The molecule has 0 bridgehead atoms. The lowest BCUT2D eigenvalue weighted by atomic mass is 10.2. The van der Waals surface area contributed by atoms with Crippen molar-refractivity contribution in [3.63, 3.8) is 0 Å². The number of carbonyl (C=O) groups is 1. The normalized spacial score (nSPS) is 16.7. The van der Waals surface area contributed by atoms with Gasteiger partial charge in [-0.2, -0.15) is 0 Å². The van der Waals surface area contributed by atoms with E-state index in [0.29, 0.717) is 6.04 Å². The van der Waals surface area contributed by atoms with Crippen molar-refractivity contribution >= 4 is 29.7 Å². The number of hydrogen-bond donors (Lipinski definition) is 1. The number of amides is 1. The first-order chi connectivity index (χ1) is 11.2. The fourth-order valence-corrected chi connectivity index (χ4v) is 3.93. The third-order valence-electron chi connectivity index (χ3n) is 4.15. The standard InChI is InChI=1S/C18H21FN2OS.ClH/c1-2-11-21(15-9-10-20-12-15)18(22)17-8-7-16(23-17)13-3-5-14(19)6-4-13;/h3-8,15,20H,2,9-12H2,1H3;1H. The van der Waals surface area contributed by atoms with Crippen LogP contribution < -0.4 is 5.32 Å². The molecule has 1 unspecified atom stereocenters. The number of nitrogens with zero attached hydrogens (tertiary/aromatic N) is 1. The molecule has 1 fully saturated rings. The molecule has 6 heteroatoms. The Hall–Kier alpha value is -1.43. The number of hydrogen-bond acceptors (Lipinski definition) is 3. The molecule has 0 spiro atoms. The van der Waals surface area contributed by atoms with Crippen LogP contribution in [0.15, 0.2) is 36.4 Å². The predicted molar refractivity (Wildman–Crippen MR) is 99.6 cm³/mol. The molecule has 0 aliphatic carbocycles. The molecular formula is C18H22ClFN2OS. The molecule has 1 aliphatic heterocycles. The van der Waals surface area contributed by atoms with Crippen LogP contribution in [0.1, 0.15) is 29.4 Å². The molecule has 130 valence electrons. The third kappa shape index (κ3) is 4.15. The van der Waals surface area contributed by atoms with Gasteiger partial charge in [0.05, 0.1) is 4.88 Å². The SMILES string of the molecule is CCCN(C(=O)c1ccc(-c2ccc(F)cc2)s1)C1CCNC1.Cl. The van der Waals surface area contributed by atoms with Crippen LogP contribution in [0.2, 0.25) is 0 Å². The van der Waals surface area contributed by atoms with E-state index in [9.17, 15) is 9.18 Å². The van der Waals surface area contributed by atoms with Gasteiger partial charge < -0.3 is 10.2 Å². The molecule has 3 nitrogen and oxygen atoms in total. The van der Waals surface area contributed by atoms with E-state index in [0.717, 1.165) is 47.8 Å². The van der Waals surface area contributed by atoms with Crippen molar-refractivity contribution in [3.05, 3.63) is 47.1 Å². The van der Waals surface area contributed by atoms with Crippen molar-refractivity contribution in [2.24, 2.45) is 0 Å². The molecule has 1 aromatic heterocycles. The van der Waals surface area contributed by atoms with Crippen molar-refractivity contribution in [1.29, 1.82) is 0 Å². The van der Waals surface area contributed by atoms with Crippen molar-refractivity contribution in [2.45, 2.75) is 25.8 Å². The quantitative estimate of drug-likeness (QED) is 0.858. The van der Waals surface area contributed by atoms with Crippen molar-refractivity contribution in [2.75, 3.05) is 19.6 Å². The lowest BCUT2D eigenvalue weighted by Gasteiger charge is -2.27. The van der Waals surface area contributed by atoms with Crippen LogP contribution in [0.5, 0.6) is 0 Å². The van der Waals surface area contributed by atoms with Gasteiger partial charge in [0.15, 0.2) is 0 Å². The van der Waals surface area contributed by atoms with Crippen LogP contribution in [0.3, 0.4) is 0 Å². The molecule has 1 aromatic carbocycles. The van der Waals surface area contributed by atoms with Crippen LogP contribution in [0.4, 0.5) is 4.39 Å². The highest BCUT2D eigenvalue weighted by molar-refractivity contribution is 7.17. The van der Waals surface area contributed by atoms with E-state index in [1.807, 2.05) is 17.0 Å². The van der Waals surface area contributed by atoms with Crippen molar-refractivity contribution < 1.29 is 9.18 Å². The molecule has 1 atom stereocenters. The number of nitrogens with one attached hydrogen (secondary N) is 1. The zero-order valence-corrected chi connectivity index (χ0v) is 15.3. The lowest BCUT2D eigenvalue weighted by molar-refractivity contribution is 0.0697. The maximum absolute atomic E-state index is 13.0. The molecule has 1 saturated heterocycles. The summed E-state index contributed by atoms with van der Waals surface area (Å²) in [7, 11) is 0. The van der Waals surface area contributed by atoms with Gasteiger partial charge >= 0.3 is 0 Å². The Bertz CT molecular complexity index is 668. The number of benzene rings is 1. The second-order valence-electron chi connectivity index (χ2n) is 5.82. The number of thiophene rings is 1. The van der Waals surface area contributed by atoms with Gasteiger partial charge in [0.2, 0.25) is 0 Å². The second-order valence-corrected chi connectivity index (χ2v) is 6.90. The van der Waals surface area contributed by atoms with Crippen LogP contribution >= 0.6 is 23.7 Å². The average molecular weight is 369 g/mol. The fourth-order valence-electron chi connectivity index (χ4n) is 2.96. The van der Waals surface area contributed by atoms with Gasteiger partial charge in [0.25, 0.3) is 5.91 Å². The number of rotatable bonds is 5. The van der Waals surface area contributed by atoms with Crippen molar-refractivity contribution in [3.8, 4) is 10.4 Å². The molecule has 24 heavy (non-hydrogen) atoms. The molecule has 0 saturated carbocycles. The fraction of sp³-hybridized carbons (Fsp3) is 0.389. The van der Waals surface area contributed by atoms with Gasteiger partial charge in [0, 0.05) is 24.0 Å². The van der Waals surface area contributed by atoms with Crippen LogP contribution in [-0.2, 0) is 0 Å². The summed E-state index contributed by atoms with van der Waals surface area (Å²) in [4.78, 5) is 16.6. The summed E-state index contributed by atoms with van der Waals surface area (Å²) in [5, 5.41) is 3.33. The van der Waals surface area contributed by atoms with E-state index in [-0.39, 0.29) is 24.1 Å². The Morgan fingerprint density at radius 2 is 2.04 bits per heavy atom. The zero-order chi connectivity index (χ0) is 16.2. The van der Waals surface area contributed by atoms with Gasteiger partial charge in [-0.15, -0.1) is 23.7 Å². The Morgan fingerprint density at radius 3 is 2.67 bits per heavy atom. The number of carbonyl (C=O) groups excluding carboxylic acids is 1. The predicted octanol–water partition coefficient (Wildman–Crippen LogP) is 4.19. The van der Waals surface area contributed by atoms with E-state index in [2.05, 4.69) is 12.2 Å². The highest BCUT2D eigenvalue weighted by Gasteiger charge is 2.27. The summed E-state index contributed by atoms with van der Waals surface area (Å²) in [5.41, 5.74) is 0.944. The average Bonchev–Trinajstić information content (AvgIpc) is 3.24. The topological polar surface area (TPSA) is 32.3 Å². The molecule has 0 radical (unpaired) electrons. The first-order valence-electron chi connectivity index (χ1n) is 8.06. The summed E-state index contributed by atoms with van der Waals surface area (Å²) in [6, 6.07) is 10.5. The Morgan fingerprint density at radius 1 is 1.29 bits per heavy atom. The van der Waals surface area contributed by atoms with Gasteiger partial charge in [-0.3, -0.25) is 4.79 Å². The van der Waals surface area contributed by atoms with E-state index in [1.54, 1.807) is 12.1 Å². The summed E-state index contributed by atoms with van der Waals surface area (Å²) in [6.07, 6.45) is 1.97. The highest BCUT2D eigenvalue weighted by Crippen LogP contribution is 2.29.